The van der Waals surface area contributed by atoms with Gasteiger partial charge in [-0.3, -0.25) is 5.10 Å². The van der Waals surface area contributed by atoms with Crippen molar-refractivity contribution in [1.82, 2.24) is 15.5 Å². The number of hydrogen-bond acceptors (Lipinski definition) is 2. The number of aromatic amines is 1. The summed E-state index contributed by atoms with van der Waals surface area (Å²) in [5, 5.41) is 11.4. The van der Waals surface area contributed by atoms with Crippen molar-refractivity contribution in [2.45, 2.75) is 51.4 Å². The van der Waals surface area contributed by atoms with Crippen LogP contribution in [0.2, 0.25) is 0 Å². The fourth-order valence-corrected chi connectivity index (χ4v) is 3.36. The van der Waals surface area contributed by atoms with E-state index in [4.69, 9.17) is 0 Å². The molecule has 2 unspecified atom stereocenters. The summed E-state index contributed by atoms with van der Waals surface area (Å²) < 4.78 is 0. The third-order valence-electron chi connectivity index (χ3n) is 4.54. The molecule has 1 fully saturated rings. The summed E-state index contributed by atoms with van der Waals surface area (Å²) in [6, 6.07) is 0. The van der Waals surface area contributed by atoms with Gasteiger partial charge in [0.1, 0.15) is 0 Å². The van der Waals surface area contributed by atoms with Crippen molar-refractivity contribution in [2.24, 2.45) is 5.92 Å². The summed E-state index contributed by atoms with van der Waals surface area (Å²) >= 11 is 0. The van der Waals surface area contributed by atoms with E-state index in [-0.39, 0.29) is 0 Å². The Kier molecular flexibility index (Phi) is 3.19. The highest BCUT2D eigenvalue weighted by atomic mass is 15.1. The molecule has 3 heteroatoms. The van der Waals surface area contributed by atoms with E-state index in [0.717, 1.165) is 12.5 Å². The quantitative estimate of drug-likeness (QED) is 0.823. The molecule has 1 aromatic rings. The number of aromatic nitrogens is 2. The molecule has 0 bridgehead atoms. The molecular weight excluding hydrogens is 210 g/mol. The molecule has 94 valence electrons. The molecule has 2 N–H and O–H groups in total. The number of nitrogens with zero attached hydrogens (tertiary/aromatic N) is 1. The molecule has 1 aromatic heterocycles. The zero-order chi connectivity index (χ0) is 11.7. The van der Waals surface area contributed by atoms with E-state index in [1.54, 1.807) is 5.56 Å². The van der Waals surface area contributed by atoms with Crippen LogP contribution in [0.15, 0.2) is 0 Å². The summed E-state index contributed by atoms with van der Waals surface area (Å²) in [4.78, 5) is 0. The number of hydrogen-bond donors (Lipinski definition) is 2. The standard InChI is InChI=1S/C14H23N3/c1-2-10-5-6-13-12(8-10)14(17-16-13)11-4-3-7-15-9-11/h10-11,15H,2-9H2,1H3,(H,16,17). The van der Waals surface area contributed by atoms with E-state index in [1.165, 1.54) is 56.5 Å². The Morgan fingerprint density at radius 1 is 1.35 bits per heavy atom. The Labute approximate surface area is 103 Å². The van der Waals surface area contributed by atoms with Gasteiger partial charge in [-0.2, -0.15) is 5.10 Å². The number of rotatable bonds is 2. The van der Waals surface area contributed by atoms with Crippen LogP contribution in [0.5, 0.6) is 0 Å². The first-order valence-corrected chi connectivity index (χ1v) is 7.15. The first-order valence-electron chi connectivity index (χ1n) is 7.15. The van der Waals surface area contributed by atoms with Crippen LogP contribution in [0, 0.1) is 5.92 Å². The molecule has 3 nitrogen and oxygen atoms in total. The average molecular weight is 233 g/mol. The molecule has 1 aliphatic carbocycles. The smallest absolute Gasteiger partial charge is 0.0700 e. The maximum absolute atomic E-state index is 4.63. The van der Waals surface area contributed by atoms with Crippen LogP contribution in [-0.4, -0.2) is 23.3 Å². The van der Waals surface area contributed by atoms with Crippen molar-refractivity contribution in [3.05, 3.63) is 17.0 Å². The molecule has 17 heavy (non-hydrogen) atoms. The normalized spacial score (nSPS) is 29.0. The lowest BCUT2D eigenvalue weighted by molar-refractivity contribution is 0.428. The number of fused-ring (bicyclic) bond motifs is 1. The van der Waals surface area contributed by atoms with Gasteiger partial charge in [0.25, 0.3) is 0 Å². The number of aryl methyl sites for hydroxylation is 1. The largest absolute Gasteiger partial charge is 0.316 e. The summed E-state index contributed by atoms with van der Waals surface area (Å²) in [7, 11) is 0. The van der Waals surface area contributed by atoms with Crippen molar-refractivity contribution >= 4 is 0 Å². The first-order chi connectivity index (χ1) is 8.38. The third kappa shape index (κ3) is 2.13. The van der Waals surface area contributed by atoms with Gasteiger partial charge in [0.05, 0.1) is 5.69 Å². The summed E-state index contributed by atoms with van der Waals surface area (Å²) in [5.74, 6) is 1.54. The van der Waals surface area contributed by atoms with Crippen molar-refractivity contribution in [1.29, 1.82) is 0 Å². The molecule has 2 atom stereocenters. The van der Waals surface area contributed by atoms with E-state index in [2.05, 4.69) is 22.4 Å². The summed E-state index contributed by atoms with van der Waals surface area (Å²) in [5.41, 5.74) is 4.37. The predicted octanol–water partition coefficient (Wildman–Crippen LogP) is 2.39. The fourth-order valence-electron chi connectivity index (χ4n) is 3.36. The predicted molar refractivity (Wildman–Crippen MR) is 69.2 cm³/mol. The molecule has 0 radical (unpaired) electrons. The Hall–Kier alpha value is -0.830. The molecule has 2 aliphatic rings. The summed E-state index contributed by atoms with van der Waals surface area (Å²) in [6.45, 7) is 4.62. The average Bonchev–Trinajstić information content (AvgIpc) is 2.82. The third-order valence-corrected chi connectivity index (χ3v) is 4.54. The van der Waals surface area contributed by atoms with Gasteiger partial charge < -0.3 is 5.32 Å². The number of H-pyrrole nitrogens is 1. The minimum absolute atomic E-state index is 0.652. The molecule has 1 saturated heterocycles. The molecule has 0 spiro atoms. The van der Waals surface area contributed by atoms with Gasteiger partial charge in [0.2, 0.25) is 0 Å². The Morgan fingerprint density at radius 3 is 3.06 bits per heavy atom. The van der Waals surface area contributed by atoms with Crippen LogP contribution in [-0.2, 0) is 12.8 Å². The zero-order valence-corrected chi connectivity index (χ0v) is 10.8. The lowest BCUT2D eigenvalue weighted by Crippen LogP contribution is -2.29. The van der Waals surface area contributed by atoms with Crippen LogP contribution in [0.1, 0.15) is 55.5 Å². The van der Waals surface area contributed by atoms with Gasteiger partial charge in [-0.05, 0) is 50.1 Å². The Bertz CT molecular complexity index is 377. The van der Waals surface area contributed by atoms with Gasteiger partial charge in [-0.15, -0.1) is 0 Å². The van der Waals surface area contributed by atoms with E-state index in [0.29, 0.717) is 5.92 Å². The maximum atomic E-state index is 4.63. The first kappa shape index (κ1) is 11.3. The Balaban J connectivity index is 1.83. The van der Waals surface area contributed by atoms with E-state index in [1.807, 2.05) is 0 Å². The van der Waals surface area contributed by atoms with Gasteiger partial charge in [0.15, 0.2) is 0 Å². The highest BCUT2D eigenvalue weighted by Crippen LogP contribution is 2.33. The van der Waals surface area contributed by atoms with Crippen LogP contribution in [0.4, 0.5) is 0 Å². The minimum atomic E-state index is 0.652. The van der Waals surface area contributed by atoms with Crippen molar-refractivity contribution in [2.75, 3.05) is 13.1 Å². The number of piperidine rings is 1. The summed E-state index contributed by atoms with van der Waals surface area (Å²) in [6.07, 6.45) is 7.72. The van der Waals surface area contributed by atoms with E-state index >= 15 is 0 Å². The van der Waals surface area contributed by atoms with E-state index < -0.39 is 0 Å². The lowest BCUT2D eigenvalue weighted by atomic mass is 9.82. The van der Waals surface area contributed by atoms with Crippen molar-refractivity contribution in [3.63, 3.8) is 0 Å². The lowest BCUT2D eigenvalue weighted by Gasteiger charge is -2.25. The van der Waals surface area contributed by atoms with Gasteiger partial charge in [0, 0.05) is 18.2 Å². The van der Waals surface area contributed by atoms with Gasteiger partial charge in [-0.25, -0.2) is 0 Å². The molecule has 0 saturated carbocycles. The van der Waals surface area contributed by atoms with Crippen LogP contribution in [0.25, 0.3) is 0 Å². The molecule has 3 rings (SSSR count). The van der Waals surface area contributed by atoms with E-state index in [9.17, 15) is 0 Å². The highest BCUT2D eigenvalue weighted by Gasteiger charge is 2.27. The van der Waals surface area contributed by atoms with Crippen molar-refractivity contribution < 1.29 is 0 Å². The molecule has 2 heterocycles. The Morgan fingerprint density at radius 2 is 2.29 bits per heavy atom. The molecular formula is C14H23N3. The fraction of sp³-hybridized carbons (Fsp3) is 0.786. The maximum Gasteiger partial charge on any atom is 0.0700 e. The van der Waals surface area contributed by atoms with Gasteiger partial charge >= 0.3 is 0 Å². The van der Waals surface area contributed by atoms with Crippen molar-refractivity contribution in [3.8, 4) is 0 Å². The molecule has 1 aliphatic heterocycles. The molecule has 0 amide bonds. The SMILES string of the molecule is CCC1CCc2[nH]nc(C3CCCNC3)c2C1. The minimum Gasteiger partial charge on any atom is -0.316 e. The second-order valence-electron chi connectivity index (χ2n) is 5.63. The molecule has 0 aromatic carbocycles. The second kappa shape index (κ2) is 4.81. The second-order valence-corrected chi connectivity index (χ2v) is 5.63. The van der Waals surface area contributed by atoms with Gasteiger partial charge in [-0.1, -0.05) is 13.3 Å². The number of nitrogens with one attached hydrogen (secondary N) is 2. The zero-order valence-electron chi connectivity index (χ0n) is 10.8. The topological polar surface area (TPSA) is 40.7 Å². The monoisotopic (exact) mass is 233 g/mol. The highest BCUT2D eigenvalue weighted by molar-refractivity contribution is 5.31. The van der Waals surface area contributed by atoms with Crippen LogP contribution >= 0.6 is 0 Å². The van der Waals surface area contributed by atoms with Crippen LogP contribution < -0.4 is 5.32 Å². The van der Waals surface area contributed by atoms with Crippen LogP contribution in [0.3, 0.4) is 0 Å².